The average Bonchev–Trinajstić information content (AvgIpc) is 3.38. The maximum absolute atomic E-state index is 11.9. The van der Waals surface area contributed by atoms with Gasteiger partial charge in [0, 0.05) is 44.2 Å². The molecule has 0 aromatic heterocycles. The summed E-state index contributed by atoms with van der Waals surface area (Å²) in [4.78, 5) is 26.0. The summed E-state index contributed by atoms with van der Waals surface area (Å²) < 4.78 is 0. The number of piperidine rings is 1. The number of benzene rings is 1. The Morgan fingerprint density at radius 2 is 1.76 bits per heavy atom. The highest BCUT2D eigenvalue weighted by atomic mass is 16.2. The number of anilines is 1. The Bertz CT molecular complexity index is 593. The summed E-state index contributed by atoms with van der Waals surface area (Å²) in [5.41, 5.74) is 2.37. The molecule has 2 fully saturated rings. The Labute approximate surface area is 150 Å². The Balaban J connectivity index is 1.34. The fourth-order valence-electron chi connectivity index (χ4n) is 3.38. The van der Waals surface area contributed by atoms with Crippen molar-refractivity contribution in [3.05, 3.63) is 29.8 Å². The van der Waals surface area contributed by atoms with Crippen LogP contribution in [0.5, 0.6) is 0 Å². The molecule has 5 nitrogen and oxygen atoms in total. The van der Waals surface area contributed by atoms with E-state index in [9.17, 15) is 9.59 Å². The van der Waals surface area contributed by atoms with Crippen LogP contribution in [0.25, 0.3) is 0 Å². The molecule has 0 radical (unpaired) electrons. The first-order valence-corrected chi connectivity index (χ1v) is 9.52. The zero-order chi connectivity index (χ0) is 17.6. The average molecular weight is 343 g/mol. The second-order valence-electron chi connectivity index (χ2n) is 7.35. The minimum absolute atomic E-state index is 0.0238. The van der Waals surface area contributed by atoms with E-state index in [-0.39, 0.29) is 17.7 Å². The molecule has 136 valence electrons. The van der Waals surface area contributed by atoms with E-state index < -0.39 is 0 Å². The fourth-order valence-corrected chi connectivity index (χ4v) is 3.38. The molecule has 25 heavy (non-hydrogen) atoms. The van der Waals surface area contributed by atoms with Crippen LogP contribution in [0.1, 0.15) is 44.6 Å². The number of rotatable bonds is 7. The van der Waals surface area contributed by atoms with Gasteiger partial charge in [-0.15, -0.1) is 0 Å². The molecule has 1 aliphatic heterocycles. The smallest absolute Gasteiger partial charge is 0.223 e. The van der Waals surface area contributed by atoms with Crippen LogP contribution in [0.4, 0.5) is 5.69 Å². The molecule has 1 aromatic rings. The van der Waals surface area contributed by atoms with Gasteiger partial charge in [-0.25, -0.2) is 0 Å². The molecule has 1 saturated carbocycles. The standard InChI is InChI=1S/C20H29N3O2/c1-15-13-18(15)20(25)21-10-9-19(24)22-14-16-5-7-17(8-6-16)23-11-3-2-4-12-23/h5-8,15,18H,2-4,9-14H2,1H3,(H,21,25)(H,22,24). The van der Waals surface area contributed by atoms with Crippen LogP contribution in [0.15, 0.2) is 24.3 Å². The van der Waals surface area contributed by atoms with Gasteiger partial charge in [-0.2, -0.15) is 0 Å². The van der Waals surface area contributed by atoms with Crippen LogP contribution < -0.4 is 15.5 Å². The second kappa shape index (κ2) is 8.37. The highest BCUT2D eigenvalue weighted by Crippen LogP contribution is 2.37. The van der Waals surface area contributed by atoms with Crippen LogP contribution in [-0.4, -0.2) is 31.4 Å². The van der Waals surface area contributed by atoms with Crippen LogP contribution in [0, 0.1) is 11.8 Å². The lowest BCUT2D eigenvalue weighted by Crippen LogP contribution is -2.31. The molecular weight excluding hydrogens is 314 g/mol. The number of carbonyl (C=O) groups excluding carboxylic acids is 2. The lowest BCUT2D eigenvalue weighted by Gasteiger charge is -2.28. The summed E-state index contributed by atoms with van der Waals surface area (Å²) in [7, 11) is 0. The molecule has 2 atom stereocenters. The minimum atomic E-state index is -0.0238. The van der Waals surface area contributed by atoms with Gasteiger partial charge in [-0.1, -0.05) is 19.1 Å². The zero-order valence-corrected chi connectivity index (χ0v) is 15.1. The van der Waals surface area contributed by atoms with Gasteiger partial charge in [0.1, 0.15) is 0 Å². The number of hydrogen-bond acceptors (Lipinski definition) is 3. The first kappa shape index (κ1) is 17.8. The molecule has 1 aliphatic carbocycles. The van der Waals surface area contributed by atoms with Crippen molar-refractivity contribution in [2.75, 3.05) is 24.5 Å². The van der Waals surface area contributed by atoms with Gasteiger partial charge in [-0.05, 0) is 49.3 Å². The Hall–Kier alpha value is -2.04. The SMILES string of the molecule is CC1CC1C(=O)NCCC(=O)NCc1ccc(N2CCCCC2)cc1. The molecular formula is C20H29N3O2. The van der Waals surface area contributed by atoms with E-state index in [1.807, 2.05) is 0 Å². The largest absolute Gasteiger partial charge is 0.372 e. The van der Waals surface area contributed by atoms with Gasteiger partial charge in [0.15, 0.2) is 0 Å². The van der Waals surface area contributed by atoms with Crippen molar-refractivity contribution in [1.29, 1.82) is 0 Å². The molecule has 2 N–H and O–H groups in total. The molecule has 3 rings (SSSR count). The third kappa shape index (κ3) is 5.21. The van der Waals surface area contributed by atoms with Crippen molar-refractivity contribution < 1.29 is 9.59 Å². The molecule has 2 amide bonds. The van der Waals surface area contributed by atoms with E-state index in [0.29, 0.717) is 25.4 Å². The quantitative estimate of drug-likeness (QED) is 0.799. The monoisotopic (exact) mass is 343 g/mol. The molecule has 0 bridgehead atoms. The van der Waals surface area contributed by atoms with Crippen molar-refractivity contribution in [2.45, 2.75) is 45.6 Å². The lowest BCUT2D eigenvalue weighted by atomic mass is 10.1. The van der Waals surface area contributed by atoms with Crippen molar-refractivity contribution >= 4 is 17.5 Å². The van der Waals surface area contributed by atoms with Crippen molar-refractivity contribution in [1.82, 2.24) is 10.6 Å². The minimum Gasteiger partial charge on any atom is -0.372 e. The molecule has 0 spiro atoms. The van der Waals surface area contributed by atoms with E-state index in [0.717, 1.165) is 25.1 Å². The van der Waals surface area contributed by atoms with Crippen LogP contribution in [0.2, 0.25) is 0 Å². The van der Waals surface area contributed by atoms with Gasteiger partial charge < -0.3 is 15.5 Å². The first-order valence-electron chi connectivity index (χ1n) is 9.52. The number of amides is 2. The molecule has 2 unspecified atom stereocenters. The summed E-state index contributed by atoms with van der Waals surface area (Å²) in [6, 6.07) is 8.45. The third-order valence-electron chi connectivity index (χ3n) is 5.24. The zero-order valence-electron chi connectivity index (χ0n) is 15.1. The highest BCUT2D eigenvalue weighted by Gasteiger charge is 2.38. The molecule has 1 aromatic carbocycles. The second-order valence-corrected chi connectivity index (χ2v) is 7.35. The van der Waals surface area contributed by atoms with E-state index in [2.05, 4.69) is 46.7 Å². The number of carbonyl (C=O) groups is 2. The highest BCUT2D eigenvalue weighted by molar-refractivity contribution is 5.82. The molecule has 2 aliphatic rings. The normalized spacial score (nSPS) is 22.4. The fraction of sp³-hybridized carbons (Fsp3) is 0.600. The maximum Gasteiger partial charge on any atom is 0.223 e. The summed E-state index contributed by atoms with van der Waals surface area (Å²) in [5.74, 6) is 0.737. The Morgan fingerprint density at radius 3 is 2.40 bits per heavy atom. The lowest BCUT2D eigenvalue weighted by molar-refractivity contribution is -0.123. The van der Waals surface area contributed by atoms with E-state index in [1.165, 1.54) is 24.9 Å². The van der Waals surface area contributed by atoms with E-state index >= 15 is 0 Å². The third-order valence-corrected chi connectivity index (χ3v) is 5.24. The summed E-state index contributed by atoms with van der Waals surface area (Å²) in [5, 5.41) is 5.76. The Morgan fingerprint density at radius 1 is 1.08 bits per heavy atom. The maximum atomic E-state index is 11.9. The van der Waals surface area contributed by atoms with Crippen molar-refractivity contribution in [2.24, 2.45) is 11.8 Å². The van der Waals surface area contributed by atoms with Gasteiger partial charge in [0.05, 0.1) is 0 Å². The van der Waals surface area contributed by atoms with Crippen LogP contribution >= 0.6 is 0 Å². The number of nitrogens with one attached hydrogen (secondary N) is 2. The topological polar surface area (TPSA) is 61.4 Å². The molecule has 5 heteroatoms. The van der Waals surface area contributed by atoms with E-state index in [1.54, 1.807) is 0 Å². The van der Waals surface area contributed by atoms with Crippen LogP contribution in [-0.2, 0) is 16.1 Å². The van der Waals surface area contributed by atoms with Crippen molar-refractivity contribution in [3.8, 4) is 0 Å². The first-order chi connectivity index (χ1) is 12.1. The summed E-state index contributed by atoms with van der Waals surface area (Å²) in [6.45, 7) is 5.31. The van der Waals surface area contributed by atoms with Crippen LogP contribution in [0.3, 0.4) is 0 Å². The predicted molar refractivity (Wildman–Crippen MR) is 99.3 cm³/mol. The predicted octanol–water partition coefficient (Wildman–Crippen LogP) is 2.46. The number of hydrogen-bond donors (Lipinski definition) is 2. The summed E-state index contributed by atoms with van der Waals surface area (Å²) >= 11 is 0. The van der Waals surface area contributed by atoms with Gasteiger partial charge in [0.2, 0.25) is 11.8 Å². The van der Waals surface area contributed by atoms with E-state index in [4.69, 9.17) is 0 Å². The van der Waals surface area contributed by atoms with Gasteiger partial charge in [0.25, 0.3) is 0 Å². The summed E-state index contributed by atoms with van der Waals surface area (Å²) in [6.07, 6.45) is 5.19. The van der Waals surface area contributed by atoms with Crippen molar-refractivity contribution in [3.63, 3.8) is 0 Å². The Kier molecular flexibility index (Phi) is 5.95. The molecule has 1 saturated heterocycles. The number of nitrogens with zero attached hydrogens (tertiary/aromatic N) is 1. The van der Waals surface area contributed by atoms with Gasteiger partial charge in [-0.3, -0.25) is 9.59 Å². The molecule has 1 heterocycles. The van der Waals surface area contributed by atoms with Gasteiger partial charge >= 0.3 is 0 Å².